The molecule has 0 saturated carbocycles. The van der Waals surface area contributed by atoms with E-state index in [1.165, 1.54) is 0 Å². The van der Waals surface area contributed by atoms with Crippen molar-refractivity contribution >= 4 is 23.2 Å². The second kappa shape index (κ2) is 10.3. The summed E-state index contributed by atoms with van der Waals surface area (Å²) in [7, 11) is 1.65. The molecule has 1 N–H and O–H groups in total. The lowest BCUT2D eigenvalue weighted by Crippen LogP contribution is -2.49. The Hall–Kier alpha value is -2.28. The van der Waals surface area contributed by atoms with Gasteiger partial charge in [-0.15, -0.1) is 0 Å². The van der Waals surface area contributed by atoms with E-state index < -0.39 is 0 Å². The lowest BCUT2D eigenvalue weighted by Gasteiger charge is -2.34. The van der Waals surface area contributed by atoms with Crippen molar-refractivity contribution in [2.24, 2.45) is 0 Å². The van der Waals surface area contributed by atoms with Crippen LogP contribution in [-0.4, -0.2) is 68.7 Å². The molecule has 0 bridgehead atoms. The SMILES string of the molecule is COc1ccc(OCCN2CCN(CC(=O)Nc3ccccc3Cl)CC2)cc1. The minimum Gasteiger partial charge on any atom is -0.497 e. The topological polar surface area (TPSA) is 54.0 Å². The molecule has 0 spiro atoms. The van der Waals surface area contributed by atoms with Crippen LogP contribution in [0.1, 0.15) is 0 Å². The second-order valence-corrected chi connectivity index (χ2v) is 7.08. The van der Waals surface area contributed by atoms with E-state index >= 15 is 0 Å². The first-order chi connectivity index (χ1) is 13.6. The number of nitrogens with zero attached hydrogens (tertiary/aromatic N) is 2. The average Bonchev–Trinajstić information content (AvgIpc) is 2.71. The number of carbonyl (C=O) groups is 1. The number of ether oxygens (including phenoxy) is 2. The van der Waals surface area contributed by atoms with Gasteiger partial charge < -0.3 is 14.8 Å². The van der Waals surface area contributed by atoms with Crippen LogP contribution in [0.2, 0.25) is 5.02 Å². The second-order valence-electron chi connectivity index (χ2n) is 6.67. The van der Waals surface area contributed by atoms with Crippen molar-refractivity contribution in [3.05, 3.63) is 53.6 Å². The molecule has 0 aliphatic carbocycles. The van der Waals surface area contributed by atoms with Gasteiger partial charge in [0.05, 0.1) is 24.4 Å². The summed E-state index contributed by atoms with van der Waals surface area (Å²) in [6.45, 7) is 5.44. The molecule has 3 rings (SSSR count). The number of anilines is 1. The number of hydrogen-bond acceptors (Lipinski definition) is 5. The number of nitrogens with one attached hydrogen (secondary N) is 1. The van der Waals surface area contributed by atoms with Crippen molar-refractivity contribution in [2.75, 3.05) is 58.3 Å². The molecule has 7 heteroatoms. The lowest BCUT2D eigenvalue weighted by molar-refractivity contribution is -0.117. The van der Waals surface area contributed by atoms with Gasteiger partial charge in [0.2, 0.25) is 5.91 Å². The fourth-order valence-corrected chi connectivity index (χ4v) is 3.27. The first-order valence-electron chi connectivity index (χ1n) is 9.40. The first kappa shape index (κ1) is 20.5. The largest absolute Gasteiger partial charge is 0.497 e. The van der Waals surface area contributed by atoms with Crippen LogP contribution in [-0.2, 0) is 4.79 Å². The van der Waals surface area contributed by atoms with Gasteiger partial charge in [-0.2, -0.15) is 0 Å². The smallest absolute Gasteiger partial charge is 0.238 e. The first-order valence-corrected chi connectivity index (χ1v) is 9.78. The van der Waals surface area contributed by atoms with Crippen molar-refractivity contribution in [3.8, 4) is 11.5 Å². The zero-order valence-corrected chi connectivity index (χ0v) is 16.8. The molecule has 1 saturated heterocycles. The molecular weight excluding hydrogens is 378 g/mol. The maximum atomic E-state index is 12.2. The number of piperazine rings is 1. The molecule has 2 aromatic carbocycles. The third-order valence-electron chi connectivity index (χ3n) is 4.72. The standard InChI is InChI=1S/C21H26ClN3O3/c1-27-17-6-8-18(9-7-17)28-15-14-24-10-12-25(13-11-24)16-21(26)23-20-5-3-2-4-19(20)22/h2-9H,10-16H2,1H3,(H,23,26). The van der Waals surface area contributed by atoms with E-state index in [0.29, 0.717) is 23.9 Å². The van der Waals surface area contributed by atoms with Crippen molar-refractivity contribution < 1.29 is 14.3 Å². The molecule has 0 atom stereocenters. The molecule has 1 aliphatic rings. The molecule has 1 amide bonds. The summed E-state index contributed by atoms with van der Waals surface area (Å²) in [6.07, 6.45) is 0. The number of halogens is 1. The van der Waals surface area contributed by atoms with Gasteiger partial charge in [-0.1, -0.05) is 23.7 Å². The quantitative estimate of drug-likeness (QED) is 0.734. The van der Waals surface area contributed by atoms with Crippen LogP contribution in [0.15, 0.2) is 48.5 Å². The monoisotopic (exact) mass is 403 g/mol. The van der Waals surface area contributed by atoms with E-state index in [-0.39, 0.29) is 5.91 Å². The summed E-state index contributed by atoms with van der Waals surface area (Å²) in [5, 5.41) is 3.43. The molecular formula is C21H26ClN3O3. The Morgan fingerprint density at radius 2 is 1.64 bits per heavy atom. The summed E-state index contributed by atoms with van der Waals surface area (Å²) in [5.41, 5.74) is 0.656. The molecule has 28 heavy (non-hydrogen) atoms. The van der Waals surface area contributed by atoms with E-state index in [2.05, 4.69) is 15.1 Å². The van der Waals surface area contributed by atoms with Gasteiger partial charge in [0.1, 0.15) is 18.1 Å². The molecule has 0 radical (unpaired) electrons. The van der Waals surface area contributed by atoms with Crippen molar-refractivity contribution in [1.29, 1.82) is 0 Å². The fraction of sp³-hybridized carbons (Fsp3) is 0.381. The summed E-state index contributed by atoms with van der Waals surface area (Å²) < 4.78 is 10.9. The van der Waals surface area contributed by atoms with Crippen molar-refractivity contribution in [2.45, 2.75) is 0 Å². The van der Waals surface area contributed by atoms with Gasteiger partial charge >= 0.3 is 0 Å². The summed E-state index contributed by atoms with van der Waals surface area (Å²) in [5.74, 6) is 1.63. The molecule has 150 valence electrons. The van der Waals surface area contributed by atoms with Crippen LogP contribution < -0.4 is 14.8 Å². The van der Waals surface area contributed by atoms with Crippen LogP contribution in [0, 0.1) is 0 Å². The van der Waals surface area contributed by atoms with E-state index in [1.807, 2.05) is 36.4 Å². The number of para-hydroxylation sites is 1. The Labute approximate surface area is 171 Å². The maximum Gasteiger partial charge on any atom is 0.238 e. The van der Waals surface area contributed by atoms with Crippen LogP contribution in [0.5, 0.6) is 11.5 Å². The zero-order valence-electron chi connectivity index (χ0n) is 16.1. The number of methoxy groups -OCH3 is 1. The Morgan fingerprint density at radius 3 is 2.32 bits per heavy atom. The molecule has 1 fully saturated rings. The van der Waals surface area contributed by atoms with Gasteiger partial charge in [0.15, 0.2) is 0 Å². The lowest BCUT2D eigenvalue weighted by atomic mass is 10.3. The zero-order chi connectivity index (χ0) is 19.8. The molecule has 1 aliphatic heterocycles. The normalized spacial score (nSPS) is 15.2. The van der Waals surface area contributed by atoms with Crippen LogP contribution in [0.4, 0.5) is 5.69 Å². The third-order valence-corrected chi connectivity index (χ3v) is 5.05. The summed E-state index contributed by atoms with van der Waals surface area (Å²) in [4.78, 5) is 16.7. The summed E-state index contributed by atoms with van der Waals surface area (Å²) >= 11 is 6.08. The van der Waals surface area contributed by atoms with Crippen LogP contribution in [0.3, 0.4) is 0 Å². The molecule has 0 aromatic heterocycles. The number of amides is 1. The van der Waals surface area contributed by atoms with E-state index in [1.54, 1.807) is 19.2 Å². The Kier molecular flexibility index (Phi) is 7.54. The Morgan fingerprint density at radius 1 is 1.00 bits per heavy atom. The molecule has 0 unspecified atom stereocenters. The average molecular weight is 404 g/mol. The number of carbonyl (C=O) groups excluding carboxylic acids is 1. The van der Waals surface area contributed by atoms with Gasteiger partial charge in [-0.3, -0.25) is 14.6 Å². The minimum atomic E-state index is -0.0376. The predicted molar refractivity (Wildman–Crippen MR) is 111 cm³/mol. The van der Waals surface area contributed by atoms with Crippen molar-refractivity contribution in [1.82, 2.24) is 9.80 Å². The number of hydrogen-bond donors (Lipinski definition) is 1. The molecule has 6 nitrogen and oxygen atoms in total. The minimum absolute atomic E-state index is 0.0376. The summed E-state index contributed by atoms with van der Waals surface area (Å²) in [6, 6.07) is 14.9. The highest BCUT2D eigenvalue weighted by Crippen LogP contribution is 2.20. The van der Waals surface area contributed by atoms with Gasteiger partial charge in [-0.25, -0.2) is 0 Å². The van der Waals surface area contributed by atoms with E-state index in [4.69, 9.17) is 21.1 Å². The van der Waals surface area contributed by atoms with Gasteiger partial charge in [0.25, 0.3) is 0 Å². The highest BCUT2D eigenvalue weighted by molar-refractivity contribution is 6.33. The Balaban J connectivity index is 1.33. The molecule has 2 aromatic rings. The highest BCUT2D eigenvalue weighted by atomic mass is 35.5. The maximum absolute atomic E-state index is 12.2. The Bertz CT molecular complexity index is 762. The molecule has 1 heterocycles. The van der Waals surface area contributed by atoms with Crippen LogP contribution in [0.25, 0.3) is 0 Å². The van der Waals surface area contributed by atoms with E-state index in [0.717, 1.165) is 44.2 Å². The highest BCUT2D eigenvalue weighted by Gasteiger charge is 2.19. The fourth-order valence-electron chi connectivity index (χ4n) is 3.09. The number of benzene rings is 2. The number of rotatable bonds is 8. The van der Waals surface area contributed by atoms with Gasteiger partial charge in [0, 0.05) is 32.7 Å². The van der Waals surface area contributed by atoms with Gasteiger partial charge in [-0.05, 0) is 36.4 Å². The third kappa shape index (κ3) is 6.12. The van der Waals surface area contributed by atoms with E-state index in [9.17, 15) is 4.79 Å². The van der Waals surface area contributed by atoms with Crippen molar-refractivity contribution in [3.63, 3.8) is 0 Å². The van der Waals surface area contributed by atoms with Crippen LogP contribution >= 0.6 is 11.6 Å². The predicted octanol–water partition coefficient (Wildman–Crippen LogP) is 2.98.